The molecule has 0 saturated heterocycles. The van der Waals surface area contributed by atoms with E-state index in [4.69, 9.17) is 4.74 Å². The van der Waals surface area contributed by atoms with Gasteiger partial charge in [-0.2, -0.15) is 0 Å². The number of ketones is 1. The molecule has 16 heavy (non-hydrogen) atoms. The van der Waals surface area contributed by atoms with Crippen LogP contribution in [0.1, 0.15) is 45.4 Å². The number of rotatable bonds is 2. The number of fused-ring (bicyclic) bond motifs is 1. The Morgan fingerprint density at radius 1 is 1.38 bits per heavy atom. The van der Waals surface area contributed by atoms with Crippen LogP contribution in [0.15, 0.2) is 11.6 Å². The van der Waals surface area contributed by atoms with Gasteiger partial charge >= 0.3 is 5.97 Å². The minimum absolute atomic E-state index is 0.117. The smallest absolute Gasteiger partial charge is 0.316 e. The Morgan fingerprint density at radius 2 is 2.19 bits per heavy atom. The van der Waals surface area contributed by atoms with E-state index in [0.29, 0.717) is 19.4 Å². The lowest BCUT2D eigenvalue weighted by molar-refractivity contribution is -0.155. The zero-order valence-electron chi connectivity index (χ0n) is 9.75. The van der Waals surface area contributed by atoms with E-state index in [1.54, 1.807) is 6.08 Å². The number of ether oxygens (including phenoxy) is 1. The third-order valence-corrected chi connectivity index (χ3v) is 3.71. The second-order valence-electron chi connectivity index (χ2n) is 4.65. The van der Waals surface area contributed by atoms with E-state index in [1.807, 2.05) is 6.92 Å². The molecule has 0 spiro atoms. The lowest BCUT2D eigenvalue weighted by Gasteiger charge is -2.39. The largest absolute Gasteiger partial charge is 0.465 e. The predicted molar refractivity (Wildman–Crippen MR) is 59.9 cm³/mol. The van der Waals surface area contributed by atoms with Gasteiger partial charge in [0, 0.05) is 6.42 Å². The summed E-state index contributed by atoms with van der Waals surface area (Å²) in [7, 11) is 0. The molecule has 0 aliphatic heterocycles. The summed E-state index contributed by atoms with van der Waals surface area (Å²) < 4.78 is 5.19. The molecule has 0 radical (unpaired) electrons. The zero-order chi connectivity index (χ0) is 11.6. The maximum Gasteiger partial charge on any atom is 0.316 e. The van der Waals surface area contributed by atoms with Gasteiger partial charge in [-0.15, -0.1) is 0 Å². The topological polar surface area (TPSA) is 43.4 Å². The van der Waals surface area contributed by atoms with Crippen LogP contribution in [-0.2, 0) is 14.3 Å². The van der Waals surface area contributed by atoms with Crippen molar-refractivity contribution in [3.63, 3.8) is 0 Å². The molecule has 0 aromatic heterocycles. The van der Waals surface area contributed by atoms with Crippen molar-refractivity contribution in [3.05, 3.63) is 11.6 Å². The first-order valence-corrected chi connectivity index (χ1v) is 6.10. The predicted octanol–water partition coefficient (Wildman–Crippen LogP) is 2.40. The van der Waals surface area contributed by atoms with Gasteiger partial charge in [-0.1, -0.05) is 6.42 Å². The van der Waals surface area contributed by atoms with Crippen LogP contribution in [0, 0.1) is 5.41 Å². The lowest BCUT2D eigenvalue weighted by Crippen LogP contribution is -2.40. The highest BCUT2D eigenvalue weighted by Gasteiger charge is 2.46. The SMILES string of the molecule is CCOC(=O)[C@]12CCCCC1=CC(=O)CC2. The van der Waals surface area contributed by atoms with Gasteiger partial charge in [-0.25, -0.2) is 0 Å². The van der Waals surface area contributed by atoms with Crippen molar-refractivity contribution in [1.29, 1.82) is 0 Å². The van der Waals surface area contributed by atoms with E-state index >= 15 is 0 Å². The van der Waals surface area contributed by atoms with Gasteiger partial charge < -0.3 is 4.74 Å². The van der Waals surface area contributed by atoms with Gasteiger partial charge in [0.2, 0.25) is 0 Å². The number of allylic oxidation sites excluding steroid dienone is 1. The molecular weight excluding hydrogens is 204 g/mol. The molecule has 2 aliphatic rings. The van der Waals surface area contributed by atoms with Crippen LogP contribution < -0.4 is 0 Å². The van der Waals surface area contributed by atoms with E-state index in [2.05, 4.69) is 0 Å². The quantitative estimate of drug-likeness (QED) is 0.674. The van der Waals surface area contributed by atoms with E-state index in [9.17, 15) is 9.59 Å². The monoisotopic (exact) mass is 222 g/mol. The molecule has 0 N–H and O–H groups in total. The third-order valence-electron chi connectivity index (χ3n) is 3.71. The molecule has 0 aromatic carbocycles. The van der Waals surface area contributed by atoms with E-state index in [0.717, 1.165) is 31.3 Å². The van der Waals surface area contributed by atoms with Crippen molar-refractivity contribution in [3.8, 4) is 0 Å². The zero-order valence-corrected chi connectivity index (χ0v) is 9.75. The van der Waals surface area contributed by atoms with Crippen LogP contribution in [0.4, 0.5) is 0 Å². The van der Waals surface area contributed by atoms with Crippen LogP contribution in [0.25, 0.3) is 0 Å². The summed E-state index contributed by atoms with van der Waals surface area (Å²) in [6.07, 6.45) is 6.71. The molecule has 88 valence electrons. The third kappa shape index (κ3) is 1.79. The number of hydrogen-bond donors (Lipinski definition) is 0. The molecule has 3 heteroatoms. The standard InChI is InChI=1S/C13H18O3/c1-2-16-12(15)13-7-4-3-5-10(13)9-11(14)6-8-13/h9H,2-8H2,1H3/t13-/m0/s1. The summed E-state index contributed by atoms with van der Waals surface area (Å²) >= 11 is 0. The summed E-state index contributed by atoms with van der Waals surface area (Å²) in [5, 5.41) is 0. The van der Waals surface area contributed by atoms with Crippen LogP contribution >= 0.6 is 0 Å². The minimum Gasteiger partial charge on any atom is -0.465 e. The maximum absolute atomic E-state index is 12.1. The van der Waals surface area contributed by atoms with Gasteiger partial charge in [0.1, 0.15) is 0 Å². The summed E-state index contributed by atoms with van der Waals surface area (Å²) in [5.41, 5.74) is 0.566. The molecule has 0 bridgehead atoms. The van der Waals surface area contributed by atoms with Crippen molar-refractivity contribution < 1.29 is 14.3 Å². The Kier molecular flexibility index (Phi) is 3.13. The van der Waals surface area contributed by atoms with Crippen molar-refractivity contribution in [2.45, 2.75) is 45.4 Å². The minimum atomic E-state index is -0.456. The molecular formula is C13H18O3. The lowest BCUT2D eigenvalue weighted by atomic mass is 9.64. The van der Waals surface area contributed by atoms with Crippen LogP contribution in [0.2, 0.25) is 0 Å². The van der Waals surface area contributed by atoms with Crippen molar-refractivity contribution >= 4 is 11.8 Å². The fraction of sp³-hybridized carbons (Fsp3) is 0.692. The normalized spacial score (nSPS) is 29.3. The summed E-state index contributed by atoms with van der Waals surface area (Å²) in [6, 6.07) is 0. The van der Waals surface area contributed by atoms with Gasteiger partial charge in [-0.3, -0.25) is 9.59 Å². The number of hydrogen-bond acceptors (Lipinski definition) is 3. The first kappa shape index (κ1) is 11.4. The Hall–Kier alpha value is -1.12. The highest BCUT2D eigenvalue weighted by atomic mass is 16.5. The summed E-state index contributed by atoms with van der Waals surface area (Å²) in [5.74, 6) is 0.0465. The van der Waals surface area contributed by atoms with Crippen LogP contribution in [0.5, 0.6) is 0 Å². The second kappa shape index (κ2) is 4.40. The van der Waals surface area contributed by atoms with Crippen molar-refractivity contribution in [2.24, 2.45) is 5.41 Å². The molecule has 1 fully saturated rings. The fourth-order valence-corrected chi connectivity index (χ4v) is 2.85. The average molecular weight is 222 g/mol. The number of carbonyl (C=O) groups excluding carboxylic acids is 2. The molecule has 2 aliphatic carbocycles. The van der Waals surface area contributed by atoms with E-state index in [1.165, 1.54) is 0 Å². The molecule has 1 saturated carbocycles. The van der Waals surface area contributed by atoms with Gasteiger partial charge in [0.05, 0.1) is 12.0 Å². The first-order valence-electron chi connectivity index (χ1n) is 6.10. The Labute approximate surface area is 95.9 Å². The number of carbonyl (C=O) groups is 2. The van der Waals surface area contributed by atoms with Gasteiger partial charge in [0.25, 0.3) is 0 Å². The van der Waals surface area contributed by atoms with E-state index < -0.39 is 5.41 Å². The molecule has 1 atom stereocenters. The molecule has 0 amide bonds. The molecule has 0 unspecified atom stereocenters. The second-order valence-corrected chi connectivity index (χ2v) is 4.65. The van der Waals surface area contributed by atoms with Crippen molar-refractivity contribution in [2.75, 3.05) is 6.61 Å². The highest BCUT2D eigenvalue weighted by Crippen LogP contribution is 2.47. The van der Waals surface area contributed by atoms with Crippen molar-refractivity contribution in [1.82, 2.24) is 0 Å². The van der Waals surface area contributed by atoms with Crippen LogP contribution in [-0.4, -0.2) is 18.4 Å². The summed E-state index contributed by atoms with van der Waals surface area (Å²) in [6.45, 7) is 2.25. The van der Waals surface area contributed by atoms with Gasteiger partial charge in [-0.05, 0) is 44.3 Å². The number of esters is 1. The first-order chi connectivity index (χ1) is 7.69. The van der Waals surface area contributed by atoms with E-state index in [-0.39, 0.29) is 11.8 Å². The molecule has 0 heterocycles. The van der Waals surface area contributed by atoms with Gasteiger partial charge in [0.15, 0.2) is 5.78 Å². The average Bonchev–Trinajstić information content (AvgIpc) is 2.29. The molecule has 2 rings (SSSR count). The maximum atomic E-state index is 12.1. The Bertz CT molecular complexity index is 343. The fourth-order valence-electron chi connectivity index (χ4n) is 2.85. The Balaban J connectivity index is 2.30. The highest BCUT2D eigenvalue weighted by molar-refractivity contribution is 5.95. The van der Waals surface area contributed by atoms with Crippen LogP contribution in [0.3, 0.4) is 0 Å². The molecule has 3 nitrogen and oxygen atoms in total. The summed E-state index contributed by atoms with van der Waals surface area (Å²) in [4.78, 5) is 23.5. The Morgan fingerprint density at radius 3 is 2.94 bits per heavy atom. The molecule has 0 aromatic rings.